The van der Waals surface area contributed by atoms with Crippen molar-refractivity contribution in [1.29, 1.82) is 0 Å². The largest absolute Gasteiger partial charge is 0.336 e. The molecule has 0 saturated carbocycles. The number of carbonyl (C=O) groups is 1. The van der Waals surface area contributed by atoms with Crippen LogP contribution in [0.1, 0.15) is 49.3 Å². The molecular formula is C16H24N4O. The van der Waals surface area contributed by atoms with Crippen molar-refractivity contribution >= 4 is 5.91 Å². The molecule has 1 aromatic heterocycles. The lowest BCUT2D eigenvalue weighted by Crippen LogP contribution is -2.66. The van der Waals surface area contributed by atoms with E-state index in [4.69, 9.17) is 0 Å². The number of aromatic nitrogens is 2. The van der Waals surface area contributed by atoms with Gasteiger partial charge >= 0.3 is 0 Å². The van der Waals surface area contributed by atoms with Crippen LogP contribution in [-0.2, 0) is 11.2 Å². The molecule has 2 aliphatic heterocycles. The van der Waals surface area contributed by atoms with E-state index in [9.17, 15) is 4.79 Å². The second-order valence-corrected chi connectivity index (χ2v) is 7.02. The number of likely N-dealkylation sites (tertiary alicyclic amines) is 2. The van der Waals surface area contributed by atoms with E-state index in [0.29, 0.717) is 5.91 Å². The number of nitrogens with one attached hydrogen (secondary N) is 1. The fourth-order valence-corrected chi connectivity index (χ4v) is 4.34. The molecule has 2 saturated heterocycles. The summed E-state index contributed by atoms with van der Waals surface area (Å²) < 4.78 is 0. The Bertz CT molecular complexity index is 544. The molecule has 0 aromatic carbocycles. The first kappa shape index (κ1) is 13.3. The van der Waals surface area contributed by atoms with Gasteiger partial charge < -0.3 is 9.80 Å². The Hall–Kier alpha value is -1.36. The lowest BCUT2D eigenvalue weighted by Gasteiger charge is -2.57. The molecule has 0 radical (unpaired) electrons. The van der Waals surface area contributed by atoms with E-state index in [0.717, 1.165) is 57.3 Å². The van der Waals surface area contributed by atoms with E-state index < -0.39 is 0 Å². The van der Waals surface area contributed by atoms with Gasteiger partial charge in [-0.15, -0.1) is 0 Å². The van der Waals surface area contributed by atoms with Crippen LogP contribution in [0.4, 0.5) is 0 Å². The molecule has 1 atom stereocenters. The first-order chi connectivity index (χ1) is 10.2. The van der Waals surface area contributed by atoms with E-state index in [1.807, 2.05) is 6.20 Å². The van der Waals surface area contributed by atoms with Gasteiger partial charge in [0.25, 0.3) is 0 Å². The summed E-state index contributed by atoms with van der Waals surface area (Å²) in [5.74, 6) is 0.400. The zero-order valence-electron chi connectivity index (χ0n) is 12.8. The van der Waals surface area contributed by atoms with Crippen molar-refractivity contribution in [3.63, 3.8) is 0 Å². The van der Waals surface area contributed by atoms with E-state index in [2.05, 4.69) is 27.0 Å². The molecule has 5 heteroatoms. The Kier molecular flexibility index (Phi) is 3.06. The molecular weight excluding hydrogens is 264 g/mol. The van der Waals surface area contributed by atoms with Gasteiger partial charge in [-0.05, 0) is 45.6 Å². The number of H-pyrrole nitrogens is 1. The topological polar surface area (TPSA) is 52.2 Å². The standard InChI is InChI=1S/C16H24N4O/c1-19-8-5-16(6-9-19)7-10-20(16)15(21)12-3-2-4-14-13(12)11-17-18-14/h11-12H,2-10H2,1H3,(H,17,18). The number of aryl methyl sites for hydroxylation is 1. The van der Waals surface area contributed by atoms with E-state index in [-0.39, 0.29) is 11.5 Å². The maximum Gasteiger partial charge on any atom is 0.230 e. The molecule has 114 valence electrons. The van der Waals surface area contributed by atoms with Crippen LogP contribution in [-0.4, -0.2) is 58.1 Å². The van der Waals surface area contributed by atoms with Gasteiger partial charge in [0.05, 0.1) is 12.1 Å². The number of fused-ring (bicyclic) bond motifs is 1. The highest BCUT2D eigenvalue weighted by Gasteiger charge is 2.50. The molecule has 3 aliphatic rings. The van der Waals surface area contributed by atoms with Gasteiger partial charge in [-0.2, -0.15) is 5.10 Å². The number of aromatic amines is 1. The number of rotatable bonds is 1. The minimum Gasteiger partial charge on any atom is -0.336 e. The van der Waals surface area contributed by atoms with Crippen molar-refractivity contribution in [3.8, 4) is 0 Å². The fraction of sp³-hybridized carbons (Fsp3) is 0.750. The first-order valence-corrected chi connectivity index (χ1v) is 8.22. The number of hydrogen-bond donors (Lipinski definition) is 1. The third-order valence-electron chi connectivity index (χ3n) is 5.90. The highest BCUT2D eigenvalue weighted by atomic mass is 16.2. The summed E-state index contributed by atoms with van der Waals surface area (Å²) in [6, 6.07) is 0. The summed E-state index contributed by atoms with van der Waals surface area (Å²) in [4.78, 5) is 17.6. The molecule has 21 heavy (non-hydrogen) atoms. The average molecular weight is 288 g/mol. The van der Waals surface area contributed by atoms with Gasteiger partial charge in [-0.1, -0.05) is 0 Å². The zero-order chi connectivity index (χ0) is 14.4. The number of nitrogens with zero attached hydrogens (tertiary/aromatic N) is 3. The Morgan fingerprint density at radius 3 is 2.81 bits per heavy atom. The van der Waals surface area contributed by atoms with Crippen molar-refractivity contribution in [2.75, 3.05) is 26.7 Å². The molecule has 1 aliphatic carbocycles. The van der Waals surface area contributed by atoms with Gasteiger partial charge in [-0.25, -0.2) is 0 Å². The predicted molar refractivity (Wildman–Crippen MR) is 80.1 cm³/mol. The molecule has 5 nitrogen and oxygen atoms in total. The lowest BCUT2D eigenvalue weighted by molar-refractivity contribution is -0.153. The molecule has 1 spiro atoms. The lowest BCUT2D eigenvalue weighted by atomic mass is 9.74. The molecule has 1 aromatic rings. The van der Waals surface area contributed by atoms with Crippen molar-refractivity contribution in [3.05, 3.63) is 17.5 Å². The molecule has 4 rings (SSSR count). The number of carbonyl (C=O) groups excluding carboxylic acids is 1. The molecule has 1 amide bonds. The SMILES string of the molecule is CN1CCC2(CC1)CCN2C(=O)C1CCCc2[nH]ncc21. The molecule has 0 bridgehead atoms. The summed E-state index contributed by atoms with van der Waals surface area (Å²) >= 11 is 0. The van der Waals surface area contributed by atoms with Crippen LogP contribution in [0.2, 0.25) is 0 Å². The Balaban J connectivity index is 1.54. The summed E-state index contributed by atoms with van der Waals surface area (Å²) in [5, 5.41) is 7.22. The number of piperidine rings is 1. The van der Waals surface area contributed by atoms with E-state index in [1.54, 1.807) is 0 Å². The van der Waals surface area contributed by atoms with Crippen LogP contribution >= 0.6 is 0 Å². The van der Waals surface area contributed by atoms with E-state index >= 15 is 0 Å². The molecule has 2 fully saturated rings. The summed E-state index contributed by atoms with van der Waals surface area (Å²) in [6.45, 7) is 3.18. The summed E-state index contributed by atoms with van der Waals surface area (Å²) in [6.07, 6.45) is 8.46. The normalized spacial score (nSPS) is 28.2. The minimum atomic E-state index is 0.0457. The average Bonchev–Trinajstić information content (AvgIpc) is 2.95. The second kappa shape index (κ2) is 4.83. The first-order valence-electron chi connectivity index (χ1n) is 8.22. The number of hydrogen-bond acceptors (Lipinski definition) is 3. The predicted octanol–water partition coefficient (Wildman–Crippen LogP) is 1.53. The van der Waals surface area contributed by atoms with E-state index in [1.165, 1.54) is 12.1 Å². The van der Waals surface area contributed by atoms with Gasteiger partial charge in [0.15, 0.2) is 0 Å². The van der Waals surface area contributed by atoms with Crippen molar-refractivity contribution in [2.24, 2.45) is 0 Å². The fourth-order valence-electron chi connectivity index (χ4n) is 4.34. The molecule has 1 N–H and O–H groups in total. The van der Waals surface area contributed by atoms with Gasteiger partial charge in [0, 0.05) is 36.4 Å². The Morgan fingerprint density at radius 2 is 2.10 bits per heavy atom. The molecule has 3 heterocycles. The van der Waals surface area contributed by atoms with Gasteiger partial charge in [0.1, 0.15) is 0 Å². The summed E-state index contributed by atoms with van der Waals surface area (Å²) in [7, 11) is 2.18. The van der Waals surface area contributed by atoms with Crippen molar-refractivity contribution in [1.82, 2.24) is 20.0 Å². The van der Waals surface area contributed by atoms with Crippen LogP contribution in [0.3, 0.4) is 0 Å². The smallest absolute Gasteiger partial charge is 0.230 e. The van der Waals surface area contributed by atoms with Crippen LogP contribution in [0.15, 0.2) is 6.20 Å². The van der Waals surface area contributed by atoms with Crippen LogP contribution in [0.5, 0.6) is 0 Å². The highest BCUT2D eigenvalue weighted by Crippen LogP contribution is 2.43. The maximum atomic E-state index is 13.1. The quantitative estimate of drug-likeness (QED) is 0.852. The van der Waals surface area contributed by atoms with Gasteiger partial charge in [0.2, 0.25) is 5.91 Å². The third kappa shape index (κ3) is 2.01. The van der Waals surface area contributed by atoms with Crippen molar-refractivity contribution in [2.45, 2.75) is 50.0 Å². The minimum absolute atomic E-state index is 0.0457. The second-order valence-electron chi connectivity index (χ2n) is 7.02. The number of amides is 1. The maximum absolute atomic E-state index is 13.1. The highest BCUT2D eigenvalue weighted by molar-refractivity contribution is 5.85. The van der Waals surface area contributed by atoms with Crippen LogP contribution in [0.25, 0.3) is 0 Å². The van der Waals surface area contributed by atoms with Crippen LogP contribution in [0, 0.1) is 0 Å². The van der Waals surface area contributed by atoms with Crippen molar-refractivity contribution < 1.29 is 4.79 Å². The van der Waals surface area contributed by atoms with Gasteiger partial charge in [-0.3, -0.25) is 9.89 Å². The zero-order valence-corrected chi connectivity index (χ0v) is 12.8. The Labute approximate surface area is 125 Å². The van der Waals surface area contributed by atoms with Crippen LogP contribution < -0.4 is 0 Å². The Morgan fingerprint density at radius 1 is 1.33 bits per heavy atom. The molecule has 1 unspecified atom stereocenters. The third-order valence-corrected chi connectivity index (χ3v) is 5.90. The monoisotopic (exact) mass is 288 g/mol. The summed E-state index contributed by atoms with van der Waals surface area (Å²) in [5.41, 5.74) is 2.50.